The first-order chi connectivity index (χ1) is 9.11. The Bertz CT molecular complexity index is 354. The number of benzene rings is 1. The standard InChI is InChI=1S/C16H24BrClO/c1-13(2)6-8-19-9-7-15(12-18)10-14-4-3-5-16(17)11-14/h3-5,11,13,15H,6-10,12H2,1-2H3. The molecule has 0 saturated heterocycles. The molecule has 1 aromatic rings. The number of halogens is 2. The van der Waals surface area contributed by atoms with Gasteiger partial charge in [0, 0.05) is 23.6 Å². The highest BCUT2D eigenvalue weighted by molar-refractivity contribution is 9.10. The lowest BCUT2D eigenvalue weighted by Crippen LogP contribution is -2.11. The second-order valence-corrected chi connectivity index (χ2v) is 6.66. The van der Waals surface area contributed by atoms with Crippen LogP contribution in [-0.2, 0) is 11.2 Å². The van der Waals surface area contributed by atoms with E-state index < -0.39 is 0 Å². The molecule has 1 unspecified atom stereocenters. The van der Waals surface area contributed by atoms with Gasteiger partial charge in [-0.2, -0.15) is 0 Å². The van der Waals surface area contributed by atoms with Crippen molar-refractivity contribution < 1.29 is 4.74 Å². The van der Waals surface area contributed by atoms with E-state index in [1.807, 2.05) is 6.07 Å². The minimum absolute atomic E-state index is 0.495. The van der Waals surface area contributed by atoms with Gasteiger partial charge in [-0.05, 0) is 48.8 Å². The quantitative estimate of drug-likeness (QED) is 0.435. The van der Waals surface area contributed by atoms with E-state index in [0.29, 0.717) is 17.7 Å². The van der Waals surface area contributed by atoms with Crippen LogP contribution in [0.3, 0.4) is 0 Å². The van der Waals surface area contributed by atoms with Gasteiger partial charge in [-0.1, -0.05) is 41.9 Å². The summed E-state index contributed by atoms with van der Waals surface area (Å²) in [6.07, 6.45) is 3.20. The van der Waals surface area contributed by atoms with Crippen molar-refractivity contribution in [3.05, 3.63) is 34.3 Å². The van der Waals surface area contributed by atoms with Crippen LogP contribution in [0.1, 0.15) is 32.3 Å². The molecule has 0 radical (unpaired) electrons. The molecular formula is C16H24BrClO. The highest BCUT2D eigenvalue weighted by atomic mass is 79.9. The minimum atomic E-state index is 0.495. The molecule has 0 N–H and O–H groups in total. The van der Waals surface area contributed by atoms with Crippen LogP contribution >= 0.6 is 27.5 Å². The molecule has 0 heterocycles. The highest BCUT2D eigenvalue weighted by Crippen LogP contribution is 2.18. The molecule has 3 heteroatoms. The summed E-state index contributed by atoms with van der Waals surface area (Å²) >= 11 is 9.56. The largest absolute Gasteiger partial charge is 0.381 e. The van der Waals surface area contributed by atoms with E-state index in [-0.39, 0.29) is 0 Å². The molecule has 0 saturated carbocycles. The maximum absolute atomic E-state index is 6.05. The summed E-state index contributed by atoms with van der Waals surface area (Å²) in [7, 11) is 0. The Morgan fingerprint density at radius 2 is 1.95 bits per heavy atom. The molecule has 0 aliphatic carbocycles. The molecule has 0 aliphatic rings. The predicted molar refractivity (Wildman–Crippen MR) is 86.9 cm³/mol. The smallest absolute Gasteiger partial charge is 0.0469 e. The van der Waals surface area contributed by atoms with Crippen molar-refractivity contribution in [2.45, 2.75) is 33.1 Å². The van der Waals surface area contributed by atoms with E-state index in [1.54, 1.807) is 0 Å². The van der Waals surface area contributed by atoms with Crippen molar-refractivity contribution in [1.82, 2.24) is 0 Å². The first-order valence-corrected chi connectivity index (χ1v) is 8.32. The normalized spacial score (nSPS) is 12.9. The topological polar surface area (TPSA) is 9.23 Å². The van der Waals surface area contributed by atoms with Crippen LogP contribution in [0, 0.1) is 11.8 Å². The molecule has 0 aromatic heterocycles. The minimum Gasteiger partial charge on any atom is -0.381 e. The summed E-state index contributed by atoms with van der Waals surface area (Å²) < 4.78 is 6.80. The van der Waals surface area contributed by atoms with Crippen molar-refractivity contribution in [2.75, 3.05) is 19.1 Å². The molecular weight excluding hydrogens is 324 g/mol. The average molecular weight is 348 g/mol. The third-order valence-electron chi connectivity index (χ3n) is 3.14. The summed E-state index contributed by atoms with van der Waals surface area (Å²) in [5.41, 5.74) is 1.34. The molecule has 0 amide bonds. The van der Waals surface area contributed by atoms with Crippen LogP contribution in [0.5, 0.6) is 0 Å². The van der Waals surface area contributed by atoms with E-state index >= 15 is 0 Å². The van der Waals surface area contributed by atoms with E-state index in [0.717, 1.165) is 36.9 Å². The first-order valence-electron chi connectivity index (χ1n) is 7.00. The van der Waals surface area contributed by atoms with Crippen LogP contribution in [0.2, 0.25) is 0 Å². The fourth-order valence-electron chi connectivity index (χ4n) is 1.90. The van der Waals surface area contributed by atoms with Gasteiger partial charge in [0.25, 0.3) is 0 Å². The molecule has 0 aliphatic heterocycles. The molecule has 0 fully saturated rings. The maximum atomic E-state index is 6.05. The molecule has 1 atom stereocenters. The zero-order valence-corrected chi connectivity index (χ0v) is 14.2. The van der Waals surface area contributed by atoms with Gasteiger partial charge in [-0.25, -0.2) is 0 Å². The fraction of sp³-hybridized carbons (Fsp3) is 0.625. The Hall–Kier alpha value is -0.0500. The van der Waals surface area contributed by atoms with E-state index in [4.69, 9.17) is 16.3 Å². The molecule has 108 valence electrons. The maximum Gasteiger partial charge on any atom is 0.0469 e. The summed E-state index contributed by atoms with van der Waals surface area (Å²) in [6.45, 7) is 6.12. The molecule has 19 heavy (non-hydrogen) atoms. The Kier molecular flexibility index (Phi) is 8.76. The number of ether oxygens (including phenoxy) is 1. The van der Waals surface area contributed by atoms with Gasteiger partial charge >= 0.3 is 0 Å². The van der Waals surface area contributed by atoms with Crippen LogP contribution in [-0.4, -0.2) is 19.1 Å². The van der Waals surface area contributed by atoms with Crippen molar-refractivity contribution in [3.8, 4) is 0 Å². The lowest BCUT2D eigenvalue weighted by Gasteiger charge is -2.14. The average Bonchev–Trinajstić information content (AvgIpc) is 2.36. The van der Waals surface area contributed by atoms with Gasteiger partial charge in [0.05, 0.1) is 0 Å². The molecule has 1 aromatic carbocycles. The van der Waals surface area contributed by atoms with Gasteiger partial charge in [-0.3, -0.25) is 0 Å². The van der Waals surface area contributed by atoms with Crippen LogP contribution in [0.15, 0.2) is 28.7 Å². The SMILES string of the molecule is CC(C)CCOCCC(CCl)Cc1cccc(Br)c1. The Morgan fingerprint density at radius 1 is 1.21 bits per heavy atom. The Balaban J connectivity index is 2.26. The Labute approximate surface area is 130 Å². The highest BCUT2D eigenvalue weighted by Gasteiger charge is 2.09. The van der Waals surface area contributed by atoms with Gasteiger partial charge < -0.3 is 4.74 Å². The van der Waals surface area contributed by atoms with Gasteiger partial charge in [0.2, 0.25) is 0 Å². The summed E-state index contributed by atoms with van der Waals surface area (Å²) in [5, 5.41) is 0. The lowest BCUT2D eigenvalue weighted by molar-refractivity contribution is 0.112. The number of rotatable bonds is 9. The Morgan fingerprint density at radius 3 is 2.58 bits per heavy atom. The molecule has 1 rings (SSSR count). The second-order valence-electron chi connectivity index (χ2n) is 5.44. The number of alkyl halides is 1. The van der Waals surface area contributed by atoms with E-state index in [2.05, 4.69) is 48.0 Å². The van der Waals surface area contributed by atoms with Crippen molar-refractivity contribution in [3.63, 3.8) is 0 Å². The van der Waals surface area contributed by atoms with Crippen molar-refractivity contribution >= 4 is 27.5 Å². The molecule has 0 bridgehead atoms. The van der Waals surface area contributed by atoms with Crippen LogP contribution < -0.4 is 0 Å². The van der Waals surface area contributed by atoms with E-state index in [9.17, 15) is 0 Å². The lowest BCUT2D eigenvalue weighted by atomic mass is 9.98. The third kappa shape index (κ3) is 7.96. The number of hydrogen-bond donors (Lipinski definition) is 0. The van der Waals surface area contributed by atoms with Gasteiger partial charge in [-0.15, -0.1) is 11.6 Å². The van der Waals surface area contributed by atoms with Gasteiger partial charge in [0.15, 0.2) is 0 Å². The van der Waals surface area contributed by atoms with Crippen molar-refractivity contribution in [1.29, 1.82) is 0 Å². The fourth-order valence-corrected chi connectivity index (χ4v) is 2.61. The predicted octanol–water partition coefficient (Wildman–Crippen LogP) is 5.30. The molecule has 1 nitrogen and oxygen atoms in total. The monoisotopic (exact) mass is 346 g/mol. The van der Waals surface area contributed by atoms with Crippen LogP contribution in [0.4, 0.5) is 0 Å². The number of hydrogen-bond acceptors (Lipinski definition) is 1. The third-order valence-corrected chi connectivity index (χ3v) is 4.07. The summed E-state index contributed by atoms with van der Waals surface area (Å²) in [6, 6.07) is 8.45. The van der Waals surface area contributed by atoms with Crippen molar-refractivity contribution in [2.24, 2.45) is 11.8 Å². The summed E-state index contributed by atoms with van der Waals surface area (Å²) in [5.74, 6) is 1.90. The zero-order valence-electron chi connectivity index (χ0n) is 11.9. The molecule has 0 spiro atoms. The second kappa shape index (κ2) is 9.79. The van der Waals surface area contributed by atoms with Gasteiger partial charge in [0.1, 0.15) is 0 Å². The first kappa shape index (κ1) is 17.0. The zero-order chi connectivity index (χ0) is 14.1. The van der Waals surface area contributed by atoms with Crippen LogP contribution in [0.25, 0.3) is 0 Å². The summed E-state index contributed by atoms with van der Waals surface area (Å²) in [4.78, 5) is 0. The van der Waals surface area contributed by atoms with E-state index in [1.165, 1.54) is 5.56 Å².